The maximum atomic E-state index is 4.68. The highest BCUT2D eigenvalue weighted by atomic mass is 15.1. The molecule has 3 heteroatoms. The van der Waals surface area contributed by atoms with Gasteiger partial charge in [-0.3, -0.25) is 9.88 Å². The Bertz CT molecular complexity index is 1020. The van der Waals surface area contributed by atoms with Crippen LogP contribution in [0.25, 0.3) is 21.7 Å². The van der Waals surface area contributed by atoms with Gasteiger partial charge < -0.3 is 4.98 Å². The molecule has 1 N–H and O–H groups in total. The monoisotopic (exact) mass is 341 g/mol. The summed E-state index contributed by atoms with van der Waals surface area (Å²) in [4.78, 5) is 10.9. The van der Waals surface area contributed by atoms with Gasteiger partial charge in [-0.25, -0.2) is 0 Å². The van der Waals surface area contributed by atoms with E-state index in [-0.39, 0.29) is 0 Å². The Morgan fingerprint density at radius 1 is 0.962 bits per heavy atom. The lowest BCUT2D eigenvalue weighted by molar-refractivity contribution is 0.197. The molecule has 0 radical (unpaired) electrons. The molecule has 2 aromatic carbocycles. The third-order valence-electron chi connectivity index (χ3n) is 5.57. The van der Waals surface area contributed by atoms with E-state index in [0.717, 1.165) is 19.6 Å². The maximum Gasteiger partial charge on any atom is 0.0550 e. The number of nitrogens with zero attached hydrogens (tertiary/aromatic N) is 2. The summed E-state index contributed by atoms with van der Waals surface area (Å²) < 4.78 is 0. The van der Waals surface area contributed by atoms with Crippen LogP contribution in [0.2, 0.25) is 0 Å². The van der Waals surface area contributed by atoms with Gasteiger partial charge in [-0.05, 0) is 48.4 Å². The van der Waals surface area contributed by atoms with E-state index >= 15 is 0 Å². The molecule has 26 heavy (non-hydrogen) atoms. The first-order chi connectivity index (χ1) is 12.8. The minimum Gasteiger partial charge on any atom is -0.358 e. The van der Waals surface area contributed by atoms with E-state index in [9.17, 15) is 0 Å². The Morgan fingerprint density at radius 2 is 1.77 bits per heavy atom. The van der Waals surface area contributed by atoms with Gasteiger partial charge in [0.1, 0.15) is 0 Å². The van der Waals surface area contributed by atoms with E-state index < -0.39 is 0 Å². The fourth-order valence-electron chi connectivity index (χ4n) is 4.21. The predicted molar refractivity (Wildman–Crippen MR) is 107 cm³/mol. The topological polar surface area (TPSA) is 31.9 Å². The minimum absolute atomic E-state index is 0.580. The lowest BCUT2D eigenvalue weighted by Crippen LogP contribution is -2.34. The lowest BCUT2D eigenvalue weighted by Gasteiger charge is -2.32. The SMILES string of the molecule is c1ccc2cc(CN3CCC[C@H](c4cc5ccccc5[nH]4)C3)ncc2c1. The van der Waals surface area contributed by atoms with Crippen LogP contribution in [0.4, 0.5) is 0 Å². The Morgan fingerprint density at radius 3 is 2.65 bits per heavy atom. The molecule has 0 saturated carbocycles. The van der Waals surface area contributed by atoms with Gasteiger partial charge in [0.2, 0.25) is 0 Å². The van der Waals surface area contributed by atoms with Crippen LogP contribution in [0.1, 0.15) is 30.1 Å². The number of aromatic amines is 1. The molecular weight excluding hydrogens is 318 g/mol. The largest absolute Gasteiger partial charge is 0.358 e. The van der Waals surface area contributed by atoms with Gasteiger partial charge in [0, 0.05) is 41.8 Å². The fraction of sp³-hybridized carbons (Fsp3) is 0.261. The van der Waals surface area contributed by atoms with Gasteiger partial charge in [0.05, 0.1) is 5.69 Å². The molecule has 0 unspecified atom stereocenters. The number of benzene rings is 2. The molecule has 1 saturated heterocycles. The van der Waals surface area contributed by atoms with Crippen LogP contribution in [-0.2, 0) is 6.54 Å². The molecular formula is C23H23N3. The molecule has 3 heterocycles. The number of H-pyrrole nitrogens is 1. The molecule has 0 spiro atoms. The van der Waals surface area contributed by atoms with Crippen LogP contribution in [0.3, 0.4) is 0 Å². The van der Waals surface area contributed by atoms with Crippen LogP contribution in [0, 0.1) is 0 Å². The van der Waals surface area contributed by atoms with Gasteiger partial charge in [-0.2, -0.15) is 0 Å². The van der Waals surface area contributed by atoms with Crippen LogP contribution in [0.5, 0.6) is 0 Å². The number of aromatic nitrogens is 2. The summed E-state index contributed by atoms with van der Waals surface area (Å²) >= 11 is 0. The lowest BCUT2D eigenvalue weighted by atomic mass is 9.94. The Hall–Kier alpha value is -2.65. The first-order valence-corrected chi connectivity index (χ1v) is 9.49. The second-order valence-corrected chi connectivity index (χ2v) is 7.41. The molecule has 0 aliphatic carbocycles. The number of likely N-dealkylation sites (tertiary alicyclic amines) is 1. The van der Waals surface area contributed by atoms with E-state index in [4.69, 9.17) is 0 Å². The highest BCUT2D eigenvalue weighted by Crippen LogP contribution is 2.29. The first-order valence-electron chi connectivity index (χ1n) is 9.49. The van der Waals surface area contributed by atoms with E-state index in [2.05, 4.69) is 75.5 Å². The zero-order valence-corrected chi connectivity index (χ0v) is 14.9. The van der Waals surface area contributed by atoms with Gasteiger partial charge in [-0.1, -0.05) is 42.5 Å². The highest BCUT2D eigenvalue weighted by molar-refractivity contribution is 5.82. The van der Waals surface area contributed by atoms with Crippen LogP contribution in [-0.4, -0.2) is 28.0 Å². The summed E-state index contributed by atoms with van der Waals surface area (Å²) in [6.45, 7) is 3.19. The van der Waals surface area contributed by atoms with Crippen molar-refractivity contribution >= 4 is 21.7 Å². The van der Waals surface area contributed by atoms with Gasteiger partial charge >= 0.3 is 0 Å². The fourth-order valence-corrected chi connectivity index (χ4v) is 4.21. The molecule has 130 valence electrons. The van der Waals surface area contributed by atoms with Crippen LogP contribution < -0.4 is 0 Å². The van der Waals surface area contributed by atoms with Crippen molar-refractivity contribution in [1.82, 2.24) is 14.9 Å². The number of nitrogens with one attached hydrogen (secondary N) is 1. The second kappa shape index (κ2) is 6.58. The summed E-state index contributed by atoms with van der Waals surface area (Å²) in [6.07, 6.45) is 4.51. The first kappa shape index (κ1) is 15.6. The van der Waals surface area contributed by atoms with Gasteiger partial charge in [0.25, 0.3) is 0 Å². The summed E-state index contributed by atoms with van der Waals surface area (Å²) in [5, 5.41) is 3.81. The summed E-state index contributed by atoms with van der Waals surface area (Å²) in [7, 11) is 0. The highest BCUT2D eigenvalue weighted by Gasteiger charge is 2.23. The normalized spacial score (nSPS) is 18.5. The van der Waals surface area contributed by atoms with E-state index in [1.165, 1.54) is 45.9 Å². The van der Waals surface area contributed by atoms with Crippen molar-refractivity contribution in [3.63, 3.8) is 0 Å². The minimum atomic E-state index is 0.580. The summed E-state index contributed by atoms with van der Waals surface area (Å²) in [5.74, 6) is 0.580. The smallest absolute Gasteiger partial charge is 0.0550 e. The molecule has 5 rings (SSSR count). The summed E-state index contributed by atoms with van der Waals surface area (Å²) in [5.41, 5.74) is 3.79. The van der Waals surface area contributed by atoms with Crippen molar-refractivity contribution in [1.29, 1.82) is 0 Å². The summed E-state index contributed by atoms with van der Waals surface area (Å²) in [6, 6.07) is 21.6. The quantitative estimate of drug-likeness (QED) is 0.562. The number of hydrogen-bond acceptors (Lipinski definition) is 2. The van der Waals surface area contributed by atoms with E-state index in [0.29, 0.717) is 5.92 Å². The number of para-hydroxylation sites is 1. The third-order valence-corrected chi connectivity index (χ3v) is 5.57. The van der Waals surface area contributed by atoms with Crippen molar-refractivity contribution < 1.29 is 0 Å². The number of piperidine rings is 1. The average Bonchev–Trinajstić information content (AvgIpc) is 3.12. The van der Waals surface area contributed by atoms with Crippen molar-refractivity contribution in [2.45, 2.75) is 25.3 Å². The molecule has 1 atom stereocenters. The van der Waals surface area contributed by atoms with Gasteiger partial charge in [-0.15, -0.1) is 0 Å². The van der Waals surface area contributed by atoms with Crippen molar-refractivity contribution in [2.75, 3.05) is 13.1 Å². The molecule has 1 aliphatic rings. The molecule has 3 nitrogen and oxygen atoms in total. The second-order valence-electron chi connectivity index (χ2n) is 7.41. The Labute approximate surface area is 153 Å². The third kappa shape index (κ3) is 2.99. The van der Waals surface area contributed by atoms with E-state index in [1.807, 2.05) is 6.20 Å². The zero-order valence-electron chi connectivity index (χ0n) is 14.9. The molecule has 0 bridgehead atoms. The van der Waals surface area contributed by atoms with E-state index in [1.54, 1.807) is 0 Å². The maximum absolute atomic E-state index is 4.68. The van der Waals surface area contributed by atoms with Crippen molar-refractivity contribution in [2.24, 2.45) is 0 Å². The molecule has 0 amide bonds. The zero-order chi connectivity index (χ0) is 17.3. The van der Waals surface area contributed by atoms with Crippen molar-refractivity contribution in [3.05, 3.63) is 78.2 Å². The number of hydrogen-bond donors (Lipinski definition) is 1. The molecule has 2 aromatic heterocycles. The standard InChI is InChI=1S/C23H23N3/c1-2-8-19-14-24-21(12-17(19)6-1)16-26-11-5-9-20(15-26)23-13-18-7-3-4-10-22(18)25-23/h1-4,6-8,10,12-14,20,25H,5,9,11,15-16H2/t20-/m0/s1. The van der Waals surface area contributed by atoms with Crippen LogP contribution in [0.15, 0.2) is 66.9 Å². The molecule has 1 aliphatic heterocycles. The number of rotatable bonds is 3. The average molecular weight is 341 g/mol. The number of fused-ring (bicyclic) bond motifs is 2. The van der Waals surface area contributed by atoms with Gasteiger partial charge in [0.15, 0.2) is 0 Å². The Balaban J connectivity index is 1.34. The molecule has 4 aromatic rings. The molecule has 1 fully saturated rings. The van der Waals surface area contributed by atoms with Crippen LogP contribution >= 0.6 is 0 Å². The predicted octanol–water partition coefficient (Wildman–Crippen LogP) is 5.10. The number of pyridine rings is 1. The Kier molecular flexibility index (Phi) is 3.95. The van der Waals surface area contributed by atoms with Crippen molar-refractivity contribution in [3.8, 4) is 0 Å².